The van der Waals surface area contributed by atoms with Gasteiger partial charge in [-0.05, 0) is 31.2 Å². The van der Waals surface area contributed by atoms with Crippen LogP contribution in [0.2, 0.25) is 5.02 Å². The Kier molecular flexibility index (Phi) is 5.32. The summed E-state index contributed by atoms with van der Waals surface area (Å²) in [6, 6.07) is 6.40. The average Bonchev–Trinajstić information content (AvgIpc) is 2.36. The number of nitrogens with one attached hydrogen (secondary N) is 1. The lowest BCUT2D eigenvalue weighted by molar-refractivity contribution is -0.139. The molecule has 0 aliphatic carbocycles. The largest absolute Gasteiger partial charge is 0.469 e. The quantitative estimate of drug-likeness (QED) is 0.516. The van der Waals surface area contributed by atoms with Crippen LogP contribution in [0.15, 0.2) is 29.4 Å². The molecular formula is C12H13ClN2O3. The molecule has 1 amide bonds. The van der Waals surface area contributed by atoms with Crippen LogP contribution in [0.4, 0.5) is 0 Å². The summed E-state index contributed by atoms with van der Waals surface area (Å²) in [5.74, 6) is -0.770. The molecule has 0 aliphatic rings. The lowest BCUT2D eigenvalue weighted by Crippen LogP contribution is -2.20. The Balaban J connectivity index is 2.57. The fourth-order valence-corrected chi connectivity index (χ4v) is 1.26. The Bertz CT molecular complexity index is 469. The van der Waals surface area contributed by atoms with Gasteiger partial charge in [-0.1, -0.05) is 11.6 Å². The first kappa shape index (κ1) is 14.2. The van der Waals surface area contributed by atoms with Crippen molar-refractivity contribution in [3.63, 3.8) is 0 Å². The maximum Gasteiger partial charge on any atom is 0.311 e. The van der Waals surface area contributed by atoms with E-state index in [2.05, 4.69) is 15.3 Å². The number of benzene rings is 1. The summed E-state index contributed by atoms with van der Waals surface area (Å²) in [6.07, 6.45) is 0.0391. The molecule has 1 rings (SSSR count). The number of hydrogen-bond acceptors (Lipinski definition) is 4. The summed E-state index contributed by atoms with van der Waals surface area (Å²) in [5, 5.41) is 4.35. The molecule has 0 bridgehead atoms. The molecular weight excluding hydrogens is 256 g/mol. The Morgan fingerprint density at radius 2 is 1.94 bits per heavy atom. The second kappa shape index (κ2) is 6.76. The zero-order chi connectivity index (χ0) is 13.5. The minimum atomic E-state index is -0.406. The van der Waals surface area contributed by atoms with E-state index in [1.165, 1.54) is 7.11 Å². The first-order valence-corrected chi connectivity index (χ1v) is 5.56. The Morgan fingerprint density at radius 1 is 1.33 bits per heavy atom. The van der Waals surface area contributed by atoms with E-state index in [4.69, 9.17) is 11.6 Å². The van der Waals surface area contributed by atoms with Crippen LogP contribution in [0.5, 0.6) is 0 Å². The molecule has 0 unspecified atom stereocenters. The van der Waals surface area contributed by atoms with E-state index in [1.54, 1.807) is 31.2 Å². The summed E-state index contributed by atoms with van der Waals surface area (Å²) in [6.45, 7) is 1.62. The van der Waals surface area contributed by atoms with Crippen LogP contribution in [-0.2, 0) is 9.53 Å². The van der Waals surface area contributed by atoms with E-state index >= 15 is 0 Å². The maximum absolute atomic E-state index is 11.6. The zero-order valence-electron chi connectivity index (χ0n) is 10.1. The van der Waals surface area contributed by atoms with Gasteiger partial charge < -0.3 is 4.74 Å². The molecule has 18 heavy (non-hydrogen) atoms. The minimum absolute atomic E-state index is 0.0391. The van der Waals surface area contributed by atoms with Gasteiger partial charge in [0, 0.05) is 16.3 Å². The van der Waals surface area contributed by atoms with Crippen molar-refractivity contribution in [1.82, 2.24) is 5.43 Å². The van der Waals surface area contributed by atoms with Gasteiger partial charge in [-0.15, -0.1) is 0 Å². The topological polar surface area (TPSA) is 67.8 Å². The predicted octanol–water partition coefficient (Wildman–Crippen LogP) is 2.01. The molecule has 6 heteroatoms. The number of hydrogen-bond donors (Lipinski definition) is 1. The lowest BCUT2D eigenvalue weighted by atomic mass is 10.2. The smallest absolute Gasteiger partial charge is 0.311 e. The normalized spacial score (nSPS) is 10.9. The van der Waals surface area contributed by atoms with Crippen molar-refractivity contribution in [3.8, 4) is 0 Å². The summed E-state index contributed by atoms with van der Waals surface area (Å²) in [7, 11) is 1.29. The number of halogens is 1. The van der Waals surface area contributed by atoms with Gasteiger partial charge in [-0.3, -0.25) is 9.59 Å². The first-order valence-electron chi connectivity index (χ1n) is 5.19. The Morgan fingerprint density at radius 3 is 2.50 bits per heavy atom. The van der Waals surface area contributed by atoms with Crippen LogP contribution in [-0.4, -0.2) is 24.7 Å². The molecule has 0 heterocycles. The van der Waals surface area contributed by atoms with Gasteiger partial charge in [-0.2, -0.15) is 5.10 Å². The molecule has 0 fully saturated rings. The molecule has 0 radical (unpaired) electrons. The van der Waals surface area contributed by atoms with Crippen molar-refractivity contribution in [2.45, 2.75) is 13.3 Å². The number of methoxy groups -OCH3 is 1. The number of amides is 1. The first-order chi connectivity index (χ1) is 8.52. The van der Waals surface area contributed by atoms with Crippen LogP contribution < -0.4 is 5.43 Å². The van der Waals surface area contributed by atoms with Crippen LogP contribution >= 0.6 is 11.6 Å². The van der Waals surface area contributed by atoms with Gasteiger partial charge in [0.1, 0.15) is 0 Å². The van der Waals surface area contributed by atoms with Gasteiger partial charge in [0.25, 0.3) is 5.91 Å². The van der Waals surface area contributed by atoms with E-state index in [0.29, 0.717) is 16.3 Å². The number of carbonyl (C=O) groups is 2. The molecule has 0 saturated carbocycles. The molecule has 1 aromatic rings. The molecule has 0 aromatic heterocycles. The van der Waals surface area contributed by atoms with Crippen molar-refractivity contribution >= 4 is 29.2 Å². The van der Waals surface area contributed by atoms with E-state index < -0.39 is 5.97 Å². The average molecular weight is 269 g/mol. The van der Waals surface area contributed by atoms with Crippen molar-refractivity contribution in [3.05, 3.63) is 34.9 Å². The molecule has 96 valence electrons. The van der Waals surface area contributed by atoms with E-state index in [9.17, 15) is 9.59 Å². The highest BCUT2D eigenvalue weighted by atomic mass is 35.5. The molecule has 0 spiro atoms. The standard InChI is InChI=1S/C12H13ClN2O3/c1-8(7-11(16)18-2)14-15-12(17)9-3-5-10(13)6-4-9/h3-6H,7H2,1-2H3,(H,15,17). The number of carbonyl (C=O) groups excluding carboxylic acids is 2. The van der Waals surface area contributed by atoms with E-state index in [1.807, 2.05) is 0 Å². The summed E-state index contributed by atoms with van der Waals surface area (Å²) in [5.41, 5.74) is 3.25. The third-order valence-corrected chi connectivity index (χ3v) is 2.33. The molecule has 1 aromatic carbocycles. The fraction of sp³-hybridized carbons (Fsp3) is 0.250. The summed E-state index contributed by atoms with van der Waals surface area (Å²) >= 11 is 5.71. The number of ether oxygens (including phenoxy) is 1. The minimum Gasteiger partial charge on any atom is -0.469 e. The zero-order valence-corrected chi connectivity index (χ0v) is 10.8. The monoisotopic (exact) mass is 268 g/mol. The van der Waals surface area contributed by atoms with E-state index in [0.717, 1.165) is 0 Å². The number of nitrogens with zero attached hydrogens (tertiary/aromatic N) is 1. The lowest BCUT2D eigenvalue weighted by Gasteiger charge is -2.02. The second-order valence-electron chi connectivity index (χ2n) is 3.55. The van der Waals surface area contributed by atoms with Crippen LogP contribution in [0.25, 0.3) is 0 Å². The van der Waals surface area contributed by atoms with Crippen molar-refractivity contribution in [2.24, 2.45) is 5.10 Å². The van der Waals surface area contributed by atoms with Crippen LogP contribution in [0.1, 0.15) is 23.7 Å². The predicted molar refractivity (Wildman–Crippen MR) is 68.7 cm³/mol. The van der Waals surface area contributed by atoms with Crippen molar-refractivity contribution < 1.29 is 14.3 Å². The second-order valence-corrected chi connectivity index (χ2v) is 3.98. The van der Waals surface area contributed by atoms with Crippen LogP contribution in [0.3, 0.4) is 0 Å². The molecule has 0 atom stereocenters. The number of hydrazone groups is 1. The highest BCUT2D eigenvalue weighted by Crippen LogP contribution is 2.09. The highest BCUT2D eigenvalue weighted by Gasteiger charge is 2.06. The van der Waals surface area contributed by atoms with Crippen molar-refractivity contribution in [2.75, 3.05) is 7.11 Å². The summed E-state index contributed by atoms with van der Waals surface area (Å²) in [4.78, 5) is 22.6. The van der Waals surface area contributed by atoms with E-state index in [-0.39, 0.29) is 12.3 Å². The fourth-order valence-electron chi connectivity index (χ4n) is 1.13. The number of esters is 1. The third-order valence-electron chi connectivity index (χ3n) is 2.08. The molecule has 1 N–H and O–H groups in total. The Hall–Kier alpha value is -1.88. The van der Waals surface area contributed by atoms with Gasteiger partial charge in [-0.25, -0.2) is 5.43 Å². The molecule has 5 nitrogen and oxygen atoms in total. The highest BCUT2D eigenvalue weighted by molar-refractivity contribution is 6.30. The van der Waals surface area contributed by atoms with Crippen LogP contribution in [0, 0.1) is 0 Å². The van der Waals surface area contributed by atoms with Crippen molar-refractivity contribution in [1.29, 1.82) is 0 Å². The van der Waals surface area contributed by atoms with Gasteiger partial charge in [0.15, 0.2) is 0 Å². The maximum atomic E-state index is 11.6. The SMILES string of the molecule is COC(=O)CC(C)=NNC(=O)c1ccc(Cl)cc1. The molecule has 0 aliphatic heterocycles. The van der Waals surface area contributed by atoms with Gasteiger partial charge >= 0.3 is 5.97 Å². The van der Waals surface area contributed by atoms with Gasteiger partial charge in [0.05, 0.1) is 13.5 Å². The summed E-state index contributed by atoms with van der Waals surface area (Å²) < 4.78 is 4.48. The molecule has 0 saturated heterocycles. The third kappa shape index (κ3) is 4.55. The number of rotatable bonds is 4. The van der Waals surface area contributed by atoms with Gasteiger partial charge in [0.2, 0.25) is 0 Å². The Labute approximate surface area is 110 Å².